The van der Waals surface area contributed by atoms with Crippen molar-refractivity contribution in [2.45, 2.75) is 20.3 Å². The minimum atomic E-state index is -0.0314. The highest BCUT2D eigenvalue weighted by Crippen LogP contribution is 2.23. The predicted octanol–water partition coefficient (Wildman–Crippen LogP) is 1.41. The normalized spacial score (nSPS) is 15.8. The van der Waals surface area contributed by atoms with Crippen LogP contribution in [0.2, 0.25) is 0 Å². The average molecular weight is 218 g/mol. The first-order chi connectivity index (χ1) is 7.58. The Balaban J connectivity index is 2.31. The molecule has 0 bridgehead atoms. The summed E-state index contributed by atoms with van der Waals surface area (Å²) in [6.45, 7) is 4.04. The van der Waals surface area contributed by atoms with Crippen molar-refractivity contribution in [2.24, 2.45) is 11.0 Å². The first kappa shape index (κ1) is 10.6. The molecule has 0 aliphatic carbocycles. The van der Waals surface area contributed by atoms with E-state index in [2.05, 4.69) is 10.1 Å². The molecule has 1 aliphatic heterocycles. The molecule has 0 unspecified atom stereocenters. The fourth-order valence-electron chi connectivity index (χ4n) is 1.53. The summed E-state index contributed by atoms with van der Waals surface area (Å²) in [4.78, 5) is 15.7. The number of pyridine rings is 1. The summed E-state index contributed by atoms with van der Waals surface area (Å²) in [5.74, 6) is 0.249. The van der Waals surface area contributed by atoms with Gasteiger partial charge in [-0.2, -0.15) is 10.1 Å². The number of hydrogen-bond acceptors (Lipinski definition) is 4. The van der Waals surface area contributed by atoms with Gasteiger partial charge in [-0.1, -0.05) is 13.8 Å². The number of rotatable bonds is 2. The van der Waals surface area contributed by atoms with Gasteiger partial charge in [-0.25, -0.2) is 0 Å². The van der Waals surface area contributed by atoms with E-state index in [-0.39, 0.29) is 11.8 Å². The van der Waals surface area contributed by atoms with Crippen LogP contribution in [0.5, 0.6) is 0 Å². The van der Waals surface area contributed by atoms with E-state index < -0.39 is 0 Å². The molecule has 0 radical (unpaired) electrons. The smallest absolute Gasteiger partial charge is 0.253 e. The molecule has 2 heterocycles. The molecule has 0 saturated carbocycles. The van der Waals surface area contributed by atoms with Crippen molar-refractivity contribution in [3.05, 3.63) is 18.5 Å². The first-order valence-electron chi connectivity index (χ1n) is 5.19. The number of hydrazone groups is 1. The van der Waals surface area contributed by atoms with E-state index in [1.165, 1.54) is 11.2 Å². The molecule has 0 aromatic carbocycles. The molecule has 2 rings (SSSR count). The maximum atomic E-state index is 11.7. The first-order valence-corrected chi connectivity index (χ1v) is 5.19. The van der Waals surface area contributed by atoms with Crippen molar-refractivity contribution in [1.82, 2.24) is 4.98 Å². The summed E-state index contributed by atoms with van der Waals surface area (Å²) >= 11 is 0. The Kier molecular flexibility index (Phi) is 2.60. The summed E-state index contributed by atoms with van der Waals surface area (Å²) in [6.07, 6.45) is 3.50. The number of hydrogen-bond donors (Lipinski definition) is 1. The number of nitrogens with zero attached hydrogens (tertiary/aromatic N) is 3. The Morgan fingerprint density at radius 3 is 2.75 bits per heavy atom. The number of nitrogens with two attached hydrogens (primary N) is 1. The molecule has 5 nitrogen and oxygen atoms in total. The van der Waals surface area contributed by atoms with Gasteiger partial charge in [0, 0.05) is 6.20 Å². The van der Waals surface area contributed by atoms with Crippen LogP contribution in [0, 0.1) is 5.92 Å². The van der Waals surface area contributed by atoms with E-state index in [1.54, 1.807) is 12.3 Å². The molecule has 0 spiro atoms. The topological polar surface area (TPSA) is 71.6 Å². The third-order valence-electron chi connectivity index (χ3n) is 2.45. The second-order valence-electron chi connectivity index (χ2n) is 4.10. The second-order valence-corrected chi connectivity index (χ2v) is 4.10. The predicted molar refractivity (Wildman–Crippen MR) is 63.0 cm³/mol. The fourth-order valence-corrected chi connectivity index (χ4v) is 1.53. The number of carbonyl (C=O) groups excluding carboxylic acids is 1. The van der Waals surface area contributed by atoms with Crippen LogP contribution in [0.1, 0.15) is 20.3 Å². The molecule has 5 heteroatoms. The van der Waals surface area contributed by atoms with Crippen molar-refractivity contribution in [3.8, 4) is 0 Å². The Labute approximate surface area is 94.0 Å². The van der Waals surface area contributed by atoms with Crippen LogP contribution >= 0.6 is 0 Å². The molecule has 0 fully saturated rings. The monoisotopic (exact) mass is 218 g/mol. The third-order valence-corrected chi connectivity index (χ3v) is 2.45. The maximum Gasteiger partial charge on any atom is 0.253 e. The van der Waals surface area contributed by atoms with E-state index in [4.69, 9.17) is 5.73 Å². The van der Waals surface area contributed by atoms with Gasteiger partial charge < -0.3 is 5.73 Å². The minimum Gasteiger partial charge on any atom is -0.397 e. The van der Waals surface area contributed by atoms with Gasteiger partial charge >= 0.3 is 0 Å². The number of aromatic nitrogens is 1. The zero-order chi connectivity index (χ0) is 11.7. The van der Waals surface area contributed by atoms with E-state index in [0.29, 0.717) is 17.8 Å². The lowest BCUT2D eigenvalue weighted by atomic mass is 10.1. The Hall–Kier alpha value is -1.91. The Bertz CT molecular complexity index is 453. The lowest BCUT2D eigenvalue weighted by Crippen LogP contribution is -2.19. The lowest BCUT2D eigenvalue weighted by molar-refractivity contribution is -0.116. The van der Waals surface area contributed by atoms with Crippen LogP contribution in [0.25, 0.3) is 0 Å². The van der Waals surface area contributed by atoms with Crippen molar-refractivity contribution in [1.29, 1.82) is 0 Å². The number of carbonyl (C=O) groups is 1. The van der Waals surface area contributed by atoms with Gasteiger partial charge in [0.15, 0.2) is 0 Å². The molecule has 1 amide bonds. The summed E-state index contributed by atoms with van der Waals surface area (Å²) in [7, 11) is 0. The average Bonchev–Trinajstić information content (AvgIpc) is 2.60. The molecule has 2 N–H and O–H groups in total. The maximum absolute atomic E-state index is 11.7. The molecule has 0 atom stereocenters. The number of nitrogen functional groups attached to an aromatic ring is 1. The van der Waals surface area contributed by atoms with Gasteiger partial charge in [-0.05, 0) is 12.0 Å². The highest BCUT2D eigenvalue weighted by molar-refractivity contribution is 6.13. The van der Waals surface area contributed by atoms with Crippen molar-refractivity contribution < 1.29 is 4.79 Å². The van der Waals surface area contributed by atoms with Crippen LogP contribution in [0.3, 0.4) is 0 Å². The van der Waals surface area contributed by atoms with Crippen molar-refractivity contribution in [3.63, 3.8) is 0 Å². The quantitative estimate of drug-likeness (QED) is 0.815. The summed E-state index contributed by atoms with van der Waals surface area (Å²) in [6, 6.07) is 1.69. The van der Waals surface area contributed by atoms with Crippen molar-refractivity contribution in [2.75, 3.05) is 10.7 Å². The van der Waals surface area contributed by atoms with Gasteiger partial charge in [0.05, 0.1) is 29.7 Å². The molecule has 16 heavy (non-hydrogen) atoms. The minimum absolute atomic E-state index is 0.0314. The molecular formula is C11H14N4O. The second kappa shape index (κ2) is 3.92. The summed E-state index contributed by atoms with van der Waals surface area (Å²) in [5, 5.41) is 5.66. The molecule has 1 aromatic heterocycles. The van der Waals surface area contributed by atoms with E-state index in [1.807, 2.05) is 13.8 Å². The van der Waals surface area contributed by atoms with E-state index >= 15 is 0 Å². The van der Waals surface area contributed by atoms with Crippen molar-refractivity contribution >= 4 is 23.0 Å². The van der Waals surface area contributed by atoms with Gasteiger partial charge in [0.1, 0.15) is 0 Å². The van der Waals surface area contributed by atoms with Crippen LogP contribution in [-0.4, -0.2) is 16.6 Å². The van der Waals surface area contributed by atoms with Gasteiger partial charge in [-0.3, -0.25) is 9.78 Å². The van der Waals surface area contributed by atoms with Gasteiger partial charge in [0.2, 0.25) is 0 Å². The van der Waals surface area contributed by atoms with E-state index in [9.17, 15) is 4.79 Å². The Morgan fingerprint density at radius 2 is 2.19 bits per heavy atom. The third kappa shape index (κ3) is 1.88. The highest BCUT2D eigenvalue weighted by atomic mass is 16.2. The van der Waals surface area contributed by atoms with Crippen LogP contribution in [0.15, 0.2) is 23.6 Å². The lowest BCUT2D eigenvalue weighted by Gasteiger charge is -2.11. The Morgan fingerprint density at radius 1 is 1.44 bits per heavy atom. The molecule has 84 valence electrons. The zero-order valence-corrected chi connectivity index (χ0v) is 9.34. The molecule has 0 saturated heterocycles. The zero-order valence-electron chi connectivity index (χ0n) is 9.34. The standard InChI is InChI=1S/C11H14N4O/c1-7(2)10-4-11(16)15(14-10)9-3-8(12)5-13-6-9/h3,5-7H,4,12H2,1-2H3. The highest BCUT2D eigenvalue weighted by Gasteiger charge is 2.26. The van der Waals surface area contributed by atoms with E-state index in [0.717, 1.165) is 5.71 Å². The summed E-state index contributed by atoms with van der Waals surface area (Å²) in [5.41, 5.74) is 7.66. The van der Waals surface area contributed by atoms with Crippen LogP contribution in [-0.2, 0) is 4.79 Å². The summed E-state index contributed by atoms with van der Waals surface area (Å²) < 4.78 is 0. The largest absolute Gasteiger partial charge is 0.397 e. The van der Waals surface area contributed by atoms with Crippen LogP contribution in [0.4, 0.5) is 11.4 Å². The van der Waals surface area contributed by atoms with Gasteiger partial charge in [-0.15, -0.1) is 0 Å². The fraction of sp³-hybridized carbons (Fsp3) is 0.364. The number of amides is 1. The molecule has 1 aromatic rings. The molecular weight excluding hydrogens is 204 g/mol. The van der Waals surface area contributed by atoms with Gasteiger partial charge in [0.25, 0.3) is 5.91 Å². The van der Waals surface area contributed by atoms with Crippen LogP contribution < -0.4 is 10.7 Å². The SMILES string of the molecule is CC(C)C1=NN(c2cncc(N)c2)C(=O)C1. The molecule has 1 aliphatic rings. The number of anilines is 2.